The lowest BCUT2D eigenvalue weighted by molar-refractivity contribution is -0.137. The van der Waals surface area contributed by atoms with Crippen molar-refractivity contribution in [3.05, 3.63) is 59.9 Å². The Hall–Kier alpha value is -4.00. The lowest BCUT2D eigenvalue weighted by Crippen LogP contribution is -2.37. The topological polar surface area (TPSA) is 111 Å². The Bertz CT molecular complexity index is 1200. The van der Waals surface area contributed by atoms with Crippen molar-refractivity contribution < 1.29 is 32.2 Å². The number of carbonyl (C=O) groups excluding carboxylic acids is 2. The molecule has 35 heavy (non-hydrogen) atoms. The fourth-order valence-corrected chi connectivity index (χ4v) is 3.46. The number of amides is 1. The van der Waals surface area contributed by atoms with Gasteiger partial charge >= 0.3 is 12.1 Å². The fraction of sp³-hybridized carbons (Fsp3) is 0.318. The zero-order valence-corrected chi connectivity index (χ0v) is 18.5. The highest BCUT2D eigenvalue weighted by atomic mass is 19.4. The Labute approximate surface area is 197 Å². The van der Waals surface area contributed by atoms with E-state index in [1.54, 1.807) is 12.1 Å². The van der Waals surface area contributed by atoms with Gasteiger partial charge in [-0.15, -0.1) is 5.10 Å². The van der Waals surface area contributed by atoms with Crippen molar-refractivity contribution in [3.8, 4) is 5.69 Å². The number of tetrazole rings is 1. The number of hydrogen-bond donors (Lipinski definition) is 1. The Morgan fingerprint density at radius 1 is 1.14 bits per heavy atom. The zero-order valence-electron chi connectivity index (χ0n) is 18.5. The predicted molar refractivity (Wildman–Crippen MR) is 117 cm³/mol. The van der Waals surface area contributed by atoms with Gasteiger partial charge in [0, 0.05) is 13.1 Å². The molecular weight excluding hydrogens is 469 g/mol. The van der Waals surface area contributed by atoms with Crippen LogP contribution in [0.15, 0.2) is 48.8 Å². The third-order valence-electron chi connectivity index (χ3n) is 5.28. The maximum absolute atomic E-state index is 13.3. The van der Waals surface area contributed by atoms with E-state index in [0.29, 0.717) is 37.7 Å². The first kappa shape index (κ1) is 24.1. The highest BCUT2D eigenvalue weighted by molar-refractivity contribution is 5.99. The highest BCUT2D eigenvalue weighted by Crippen LogP contribution is 2.36. The number of aromatic nitrogens is 4. The molecule has 0 aliphatic carbocycles. The summed E-state index contributed by atoms with van der Waals surface area (Å²) >= 11 is 0. The Balaban J connectivity index is 1.49. The van der Waals surface area contributed by atoms with Gasteiger partial charge in [-0.05, 0) is 53.7 Å². The van der Waals surface area contributed by atoms with E-state index < -0.39 is 29.7 Å². The monoisotopic (exact) mass is 490 g/mol. The number of halogens is 3. The quantitative estimate of drug-likeness (QED) is 0.525. The summed E-state index contributed by atoms with van der Waals surface area (Å²) in [6.07, 6.45) is -4.53. The average Bonchev–Trinajstić information content (AvgIpc) is 3.39. The lowest BCUT2D eigenvalue weighted by atomic mass is 10.1. The van der Waals surface area contributed by atoms with Crippen molar-refractivity contribution in [1.29, 1.82) is 0 Å². The molecule has 1 atom stereocenters. The molecule has 2 aromatic carbocycles. The van der Waals surface area contributed by atoms with Crippen LogP contribution in [-0.4, -0.2) is 64.5 Å². The fourth-order valence-electron chi connectivity index (χ4n) is 3.46. The number of anilines is 2. The van der Waals surface area contributed by atoms with Gasteiger partial charge in [-0.3, -0.25) is 4.79 Å². The van der Waals surface area contributed by atoms with Gasteiger partial charge in [0.15, 0.2) is 6.10 Å². The molecule has 2 heterocycles. The largest absolute Gasteiger partial charge is 0.449 e. The summed E-state index contributed by atoms with van der Waals surface area (Å²) in [5, 5.41) is 13.3. The Morgan fingerprint density at radius 2 is 1.91 bits per heavy atom. The molecule has 10 nitrogen and oxygen atoms in total. The number of hydrogen-bond acceptors (Lipinski definition) is 8. The molecule has 1 aromatic heterocycles. The van der Waals surface area contributed by atoms with Crippen LogP contribution in [0.3, 0.4) is 0 Å². The average molecular weight is 490 g/mol. The molecule has 0 spiro atoms. The summed E-state index contributed by atoms with van der Waals surface area (Å²) in [5.74, 6) is -1.57. The van der Waals surface area contributed by atoms with Gasteiger partial charge in [-0.1, -0.05) is 6.07 Å². The number of alkyl halides is 3. The van der Waals surface area contributed by atoms with Crippen LogP contribution in [0.25, 0.3) is 5.69 Å². The predicted octanol–water partition coefficient (Wildman–Crippen LogP) is 2.70. The van der Waals surface area contributed by atoms with Crippen LogP contribution in [0.4, 0.5) is 24.5 Å². The second kappa shape index (κ2) is 10.1. The van der Waals surface area contributed by atoms with Gasteiger partial charge in [-0.2, -0.15) is 13.2 Å². The molecule has 184 valence electrons. The van der Waals surface area contributed by atoms with E-state index in [0.717, 1.165) is 12.1 Å². The number of benzene rings is 2. The summed E-state index contributed by atoms with van der Waals surface area (Å²) < 4.78 is 51.8. The molecule has 0 saturated carbocycles. The minimum absolute atomic E-state index is 0.0321. The van der Waals surface area contributed by atoms with Crippen LogP contribution >= 0.6 is 0 Å². The lowest BCUT2D eigenvalue weighted by Gasteiger charge is -2.31. The number of rotatable bonds is 6. The standard InChI is InChI=1S/C22H21F3N6O4/c1-14(35-21(33)15-3-2-4-17(11-15)31-13-26-28-29-31)20(32)27-18-12-16(22(23,24)25)5-6-19(18)30-7-9-34-10-8-30/h2-6,11-14H,7-10H2,1H3,(H,27,32). The number of nitrogens with one attached hydrogen (secondary N) is 1. The molecule has 1 N–H and O–H groups in total. The molecule has 1 amide bonds. The van der Waals surface area contributed by atoms with E-state index in [1.165, 1.54) is 36.1 Å². The summed E-state index contributed by atoms with van der Waals surface area (Å²) in [6, 6.07) is 9.37. The molecule has 13 heteroatoms. The first-order valence-corrected chi connectivity index (χ1v) is 10.6. The SMILES string of the molecule is CC(OC(=O)c1cccc(-n2cnnn2)c1)C(=O)Nc1cc(C(F)(F)F)ccc1N1CCOCC1. The first-order chi connectivity index (χ1) is 16.7. The summed E-state index contributed by atoms with van der Waals surface area (Å²) in [7, 11) is 0. The van der Waals surface area contributed by atoms with E-state index in [1.807, 2.05) is 4.90 Å². The van der Waals surface area contributed by atoms with Gasteiger partial charge in [0.25, 0.3) is 5.91 Å². The highest BCUT2D eigenvalue weighted by Gasteiger charge is 2.32. The van der Waals surface area contributed by atoms with Crippen molar-refractivity contribution in [3.63, 3.8) is 0 Å². The molecule has 0 radical (unpaired) electrons. The molecule has 1 aliphatic heterocycles. The van der Waals surface area contributed by atoms with Crippen molar-refractivity contribution >= 4 is 23.3 Å². The molecule has 0 bridgehead atoms. The van der Waals surface area contributed by atoms with E-state index in [9.17, 15) is 22.8 Å². The van der Waals surface area contributed by atoms with Crippen LogP contribution in [0.5, 0.6) is 0 Å². The van der Waals surface area contributed by atoms with Crippen molar-refractivity contribution in [1.82, 2.24) is 20.2 Å². The number of morpholine rings is 1. The zero-order chi connectivity index (χ0) is 25.0. The molecule has 1 fully saturated rings. The number of esters is 1. The van der Waals surface area contributed by atoms with Gasteiger partial charge in [0.05, 0.1) is 41.4 Å². The maximum atomic E-state index is 13.3. The third-order valence-corrected chi connectivity index (χ3v) is 5.28. The van der Waals surface area contributed by atoms with E-state index in [-0.39, 0.29) is 11.3 Å². The van der Waals surface area contributed by atoms with Gasteiger partial charge in [0.2, 0.25) is 0 Å². The number of nitrogens with zero attached hydrogens (tertiary/aromatic N) is 5. The van der Waals surface area contributed by atoms with Crippen LogP contribution in [0, 0.1) is 0 Å². The van der Waals surface area contributed by atoms with Crippen LogP contribution < -0.4 is 10.2 Å². The molecule has 4 rings (SSSR count). The van der Waals surface area contributed by atoms with Gasteiger partial charge in [0.1, 0.15) is 6.33 Å². The minimum atomic E-state index is -4.59. The van der Waals surface area contributed by atoms with Crippen molar-refractivity contribution in [2.24, 2.45) is 0 Å². The normalized spacial score (nSPS) is 14.9. The van der Waals surface area contributed by atoms with Gasteiger partial charge < -0.3 is 19.7 Å². The van der Waals surface area contributed by atoms with Crippen LogP contribution in [-0.2, 0) is 20.4 Å². The third kappa shape index (κ3) is 5.74. The summed E-state index contributed by atoms with van der Waals surface area (Å²) in [5.41, 5.74) is 0.123. The first-order valence-electron chi connectivity index (χ1n) is 10.6. The molecular formula is C22H21F3N6O4. The second-order valence-corrected chi connectivity index (χ2v) is 7.67. The smallest absolute Gasteiger partial charge is 0.416 e. The van der Waals surface area contributed by atoms with Crippen molar-refractivity contribution in [2.45, 2.75) is 19.2 Å². The maximum Gasteiger partial charge on any atom is 0.416 e. The molecule has 1 aliphatic rings. The minimum Gasteiger partial charge on any atom is -0.449 e. The Morgan fingerprint density at radius 3 is 2.60 bits per heavy atom. The van der Waals surface area contributed by atoms with E-state index in [2.05, 4.69) is 20.8 Å². The van der Waals surface area contributed by atoms with E-state index >= 15 is 0 Å². The molecule has 3 aromatic rings. The molecule has 1 unspecified atom stereocenters. The molecule has 1 saturated heterocycles. The van der Waals surface area contributed by atoms with Crippen molar-refractivity contribution in [2.75, 3.05) is 36.5 Å². The second-order valence-electron chi connectivity index (χ2n) is 7.67. The van der Waals surface area contributed by atoms with E-state index in [4.69, 9.17) is 9.47 Å². The number of carbonyl (C=O) groups is 2. The Kier molecular flexibility index (Phi) is 6.96. The summed E-state index contributed by atoms with van der Waals surface area (Å²) in [6.45, 7) is 3.06. The number of ether oxygens (including phenoxy) is 2. The van der Waals surface area contributed by atoms with Crippen LogP contribution in [0.2, 0.25) is 0 Å². The van der Waals surface area contributed by atoms with Gasteiger partial charge in [-0.25, -0.2) is 9.48 Å². The summed E-state index contributed by atoms with van der Waals surface area (Å²) in [4.78, 5) is 27.2. The van der Waals surface area contributed by atoms with Crippen LogP contribution in [0.1, 0.15) is 22.8 Å².